The van der Waals surface area contributed by atoms with Gasteiger partial charge in [-0.25, -0.2) is 4.68 Å². The van der Waals surface area contributed by atoms with Crippen LogP contribution in [0.2, 0.25) is 0 Å². The molecule has 0 radical (unpaired) electrons. The Bertz CT molecular complexity index is 1040. The fourth-order valence-corrected chi connectivity index (χ4v) is 4.00. The first kappa shape index (κ1) is 21.1. The van der Waals surface area contributed by atoms with E-state index in [9.17, 15) is 4.79 Å². The van der Waals surface area contributed by atoms with Crippen molar-refractivity contribution in [3.05, 3.63) is 78.0 Å². The molecule has 1 amide bonds. The number of likely N-dealkylation sites (tertiary alicyclic amines) is 1. The van der Waals surface area contributed by atoms with Crippen molar-refractivity contribution < 1.29 is 4.79 Å². The smallest absolute Gasteiger partial charge is 0.246 e. The summed E-state index contributed by atoms with van der Waals surface area (Å²) in [6, 6.07) is 18.7. The third kappa shape index (κ3) is 4.94. The third-order valence-corrected chi connectivity index (χ3v) is 6.08. The van der Waals surface area contributed by atoms with Gasteiger partial charge < -0.3 is 9.80 Å². The molecule has 4 rings (SSSR count). The molecule has 5 heteroatoms. The molecule has 0 spiro atoms. The summed E-state index contributed by atoms with van der Waals surface area (Å²) in [5, 5.41) is 4.84. The highest BCUT2D eigenvalue weighted by molar-refractivity contribution is 5.93. The summed E-state index contributed by atoms with van der Waals surface area (Å²) >= 11 is 0. The summed E-state index contributed by atoms with van der Waals surface area (Å²) in [6.07, 6.45) is 7.61. The second kappa shape index (κ2) is 9.31. The number of carbonyl (C=O) groups is 1. The Morgan fingerprint density at radius 3 is 2.42 bits per heavy atom. The second-order valence-corrected chi connectivity index (χ2v) is 8.40. The molecule has 1 aromatic heterocycles. The molecular formula is C26H30N4O. The van der Waals surface area contributed by atoms with Crippen LogP contribution in [0.5, 0.6) is 0 Å². The number of amides is 1. The zero-order valence-corrected chi connectivity index (χ0v) is 18.5. The van der Waals surface area contributed by atoms with Crippen molar-refractivity contribution in [2.24, 2.45) is 0 Å². The fraction of sp³-hybridized carbons (Fsp3) is 0.308. The van der Waals surface area contributed by atoms with Crippen LogP contribution >= 0.6 is 0 Å². The minimum absolute atomic E-state index is 0.0388. The lowest BCUT2D eigenvalue weighted by molar-refractivity contribution is -0.127. The van der Waals surface area contributed by atoms with E-state index in [-0.39, 0.29) is 5.91 Å². The Morgan fingerprint density at radius 2 is 1.74 bits per heavy atom. The topological polar surface area (TPSA) is 41.4 Å². The molecule has 0 unspecified atom stereocenters. The number of nitrogens with zero attached hydrogens (tertiary/aromatic N) is 4. The summed E-state index contributed by atoms with van der Waals surface area (Å²) in [5.41, 5.74) is 5.03. The van der Waals surface area contributed by atoms with Gasteiger partial charge in [-0.1, -0.05) is 48.0 Å². The van der Waals surface area contributed by atoms with E-state index >= 15 is 0 Å². The molecule has 0 N–H and O–H groups in total. The van der Waals surface area contributed by atoms with Crippen LogP contribution in [0.15, 0.2) is 66.9 Å². The van der Waals surface area contributed by atoms with Crippen LogP contribution in [0.3, 0.4) is 0 Å². The molecule has 2 heterocycles. The number of aromatic nitrogens is 2. The molecule has 1 aliphatic heterocycles. The standard InChI is InChI=1S/C26H30N4O/c1-20-9-11-21(12-10-20)26-22(19-30(27-26)24-7-5-4-6-8-24)13-14-25(31)29(3)23-15-17-28(2)18-16-23/h4-14,19,23H,15-18H2,1-3H3. The minimum atomic E-state index is 0.0388. The van der Waals surface area contributed by atoms with Crippen LogP contribution in [-0.4, -0.2) is 58.7 Å². The quantitative estimate of drug-likeness (QED) is 0.581. The summed E-state index contributed by atoms with van der Waals surface area (Å²) in [7, 11) is 4.05. The van der Waals surface area contributed by atoms with Gasteiger partial charge in [-0.2, -0.15) is 5.10 Å². The highest BCUT2D eigenvalue weighted by Gasteiger charge is 2.22. The average Bonchev–Trinajstić information content (AvgIpc) is 3.23. The van der Waals surface area contributed by atoms with E-state index in [0.717, 1.165) is 48.4 Å². The Labute approximate surface area is 184 Å². The maximum absolute atomic E-state index is 12.9. The Hall–Kier alpha value is -3.18. The lowest BCUT2D eigenvalue weighted by atomic mass is 10.0. The van der Waals surface area contributed by atoms with Gasteiger partial charge in [-0.05, 0) is 58.1 Å². The van der Waals surface area contributed by atoms with E-state index in [1.165, 1.54) is 5.56 Å². The number of benzene rings is 2. The summed E-state index contributed by atoms with van der Waals surface area (Å²) in [6.45, 7) is 4.14. The Morgan fingerprint density at radius 1 is 1.06 bits per heavy atom. The van der Waals surface area contributed by atoms with Crippen molar-refractivity contribution in [1.82, 2.24) is 19.6 Å². The van der Waals surface area contributed by atoms with Gasteiger partial charge in [0.1, 0.15) is 0 Å². The largest absolute Gasteiger partial charge is 0.339 e. The van der Waals surface area contributed by atoms with Gasteiger partial charge in [-0.3, -0.25) is 4.79 Å². The van der Waals surface area contributed by atoms with Crippen LogP contribution in [0, 0.1) is 6.92 Å². The van der Waals surface area contributed by atoms with Crippen LogP contribution in [0.1, 0.15) is 24.0 Å². The average molecular weight is 415 g/mol. The molecule has 31 heavy (non-hydrogen) atoms. The molecule has 0 aliphatic carbocycles. The highest BCUT2D eigenvalue weighted by atomic mass is 16.2. The normalized spacial score (nSPS) is 15.5. The number of aryl methyl sites for hydroxylation is 1. The zero-order chi connectivity index (χ0) is 21.8. The summed E-state index contributed by atoms with van der Waals surface area (Å²) in [4.78, 5) is 17.1. The van der Waals surface area contributed by atoms with Gasteiger partial charge in [0.25, 0.3) is 0 Å². The van der Waals surface area contributed by atoms with E-state index in [2.05, 4.69) is 43.1 Å². The first-order valence-corrected chi connectivity index (χ1v) is 10.9. The number of likely N-dealkylation sites (N-methyl/N-ethyl adjacent to an activating group) is 1. The fourth-order valence-electron chi connectivity index (χ4n) is 4.00. The van der Waals surface area contributed by atoms with Crippen molar-refractivity contribution in [3.8, 4) is 16.9 Å². The molecule has 1 aliphatic rings. The minimum Gasteiger partial charge on any atom is -0.339 e. The third-order valence-electron chi connectivity index (χ3n) is 6.08. The van der Waals surface area contributed by atoms with Crippen molar-refractivity contribution >= 4 is 12.0 Å². The van der Waals surface area contributed by atoms with Gasteiger partial charge in [0.15, 0.2) is 0 Å². The number of hydrogen-bond donors (Lipinski definition) is 0. The van der Waals surface area contributed by atoms with Gasteiger partial charge in [0.05, 0.1) is 11.4 Å². The molecule has 0 saturated carbocycles. The van der Waals surface area contributed by atoms with Crippen molar-refractivity contribution in [3.63, 3.8) is 0 Å². The van der Waals surface area contributed by atoms with Crippen LogP contribution in [0.4, 0.5) is 0 Å². The second-order valence-electron chi connectivity index (χ2n) is 8.40. The van der Waals surface area contributed by atoms with Crippen LogP contribution in [-0.2, 0) is 4.79 Å². The van der Waals surface area contributed by atoms with E-state index in [0.29, 0.717) is 6.04 Å². The molecule has 0 atom stereocenters. The van der Waals surface area contributed by atoms with Gasteiger partial charge in [0, 0.05) is 36.5 Å². The molecule has 2 aromatic carbocycles. The number of hydrogen-bond acceptors (Lipinski definition) is 3. The monoisotopic (exact) mass is 414 g/mol. The highest BCUT2D eigenvalue weighted by Crippen LogP contribution is 2.25. The van der Waals surface area contributed by atoms with E-state index in [1.807, 2.05) is 59.2 Å². The first-order valence-electron chi connectivity index (χ1n) is 10.9. The van der Waals surface area contributed by atoms with E-state index in [4.69, 9.17) is 5.10 Å². The van der Waals surface area contributed by atoms with E-state index < -0.39 is 0 Å². The molecule has 1 saturated heterocycles. The molecule has 5 nitrogen and oxygen atoms in total. The SMILES string of the molecule is Cc1ccc(-c2nn(-c3ccccc3)cc2C=CC(=O)N(C)C2CCN(C)CC2)cc1. The lowest BCUT2D eigenvalue weighted by Crippen LogP contribution is -2.43. The summed E-state index contributed by atoms with van der Waals surface area (Å²) < 4.78 is 1.88. The molecule has 1 fully saturated rings. The van der Waals surface area contributed by atoms with Crippen molar-refractivity contribution in [2.45, 2.75) is 25.8 Å². The Balaban J connectivity index is 1.61. The summed E-state index contributed by atoms with van der Waals surface area (Å²) in [5.74, 6) is 0.0388. The number of rotatable bonds is 5. The number of para-hydroxylation sites is 1. The van der Waals surface area contributed by atoms with Crippen LogP contribution < -0.4 is 0 Å². The van der Waals surface area contributed by atoms with Crippen LogP contribution in [0.25, 0.3) is 23.0 Å². The maximum atomic E-state index is 12.9. The molecule has 160 valence electrons. The van der Waals surface area contributed by atoms with Gasteiger partial charge >= 0.3 is 0 Å². The zero-order valence-electron chi connectivity index (χ0n) is 18.5. The predicted octanol–water partition coefficient (Wildman–Crippen LogP) is 4.41. The predicted molar refractivity (Wildman–Crippen MR) is 126 cm³/mol. The Kier molecular flexibility index (Phi) is 6.33. The van der Waals surface area contributed by atoms with Crippen molar-refractivity contribution in [1.29, 1.82) is 0 Å². The molecule has 0 bridgehead atoms. The lowest BCUT2D eigenvalue weighted by Gasteiger charge is -2.34. The van der Waals surface area contributed by atoms with E-state index in [1.54, 1.807) is 6.08 Å². The van der Waals surface area contributed by atoms with Gasteiger partial charge in [0.2, 0.25) is 5.91 Å². The first-order chi connectivity index (χ1) is 15.0. The number of piperidine rings is 1. The number of carbonyl (C=O) groups excluding carboxylic acids is 1. The molecular weight excluding hydrogens is 384 g/mol. The van der Waals surface area contributed by atoms with Gasteiger partial charge in [-0.15, -0.1) is 0 Å². The van der Waals surface area contributed by atoms with Crippen molar-refractivity contribution in [2.75, 3.05) is 27.2 Å². The maximum Gasteiger partial charge on any atom is 0.246 e. The molecule has 3 aromatic rings.